The number of carboxylic acid groups (broad SMARTS) is 1. The zero-order valence-electron chi connectivity index (χ0n) is 15.9. The fourth-order valence-corrected chi connectivity index (χ4v) is 3.35. The van der Waals surface area contributed by atoms with Crippen molar-refractivity contribution in [3.63, 3.8) is 0 Å². The Morgan fingerprint density at radius 3 is 2.81 bits per heavy atom. The fourth-order valence-electron chi connectivity index (χ4n) is 3.35. The van der Waals surface area contributed by atoms with Gasteiger partial charge in [0.1, 0.15) is 0 Å². The molecular formula is C20H27NO6. The van der Waals surface area contributed by atoms with Crippen LogP contribution < -0.4 is 10.1 Å². The van der Waals surface area contributed by atoms with Gasteiger partial charge in [0.15, 0.2) is 11.5 Å². The molecule has 0 aliphatic carbocycles. The van der Waals surface area contributed by atoms with Gasteiger partial charge in [-0.25, -0.2) is 0 Å². The third-order valence-corrected chi connectivity index (χ3v) is 4.66. The Morgan fingerprint density at radius 1 is 1.44 bits per heavy atom. The van der Waals surface area contributed by atoms with E-state index >= 15 is 0 Å². The highest BCUT2D eigenvalue weighted by Crippen LogP contribution is 2.32. The van der Waals surface area contributed by atoms with E-state index < -0.39 is 12.0 Å². The van der Waals surface area contributed by atoms with Gasteiger partial charge in [0.25, 0.3) is 0 Å². The lowest BCUT2D eigenvalue weighted by atomic mass is 9.82. The van der Waals surface area contributed by atoms with Crippen LogP contribution in [0.15, 0.2) is 24.3 Å². The standard InChI is InChI=1S/C20H27NO6/c1-20(2)12-14(8-9-27-20)15(11-19(24)25)21-18(23)7-5-13-4-6-16(22)17(10-13)26-3/h4-7,10,14-15,22H,8-9,11-12H2,1-3H3,(H,21,23)(H,24,25). The van der Waals surface area contributed by atoms with Gasteiger partial charge in [-0.15, -0.1) is 0 Å². The lowest BCUT2D eigenvalue weighted by Crippen LogP contribution is -2.46. The number of carbonyl (C=O) groups excluding carboxylic acids is 1. The Morgan fingerprint density at radius 2 is 2.19 bits per heavy atom. The van der Waals surface area contributed by atoms with Gasteiger partial charge in [-0.05, 0) is 56.4 Å². The van der Waals surface area contributed by atoms with Gasteiger partial charge in [-0.2, -0.15) is 0 Å². The van der Waals surface area contributed by atoms with Gasteiger partial charge in [0.05, 0.1) is 19.1 Å². The quantitative estimate of drug-likeness (QED) is 0.631. The van der Waals surface area contributed by atoms with Crippen molar-refractivity contribution in [3.05, 3.63) is 29.8 Å². The lowest BCUT2D eigenvalue weighted by molar-refractivity contribution is -0.139. The van der Waals surface area contributed by atoms with Crippen molar-refractivity contribution in [1.82, 2.24) is 5.32 Å². The van der Waals surface area contributed by atoms with E-state index in [1.807, 2.05) is 13.8 Å². The maximum absolute atomic E-state index is 12.3. The second kappa shape index (κ2) is 8.90. The maximum atomic E-state index is 12.3. The van der Waals surface area contributed by atoms with E-state index in [1.165, 1.54) is 19.3 Å². The smallest absolute Gasteiger partial charge is 0.305 e. The first-order chi connectivity index (χ1) is 12.7. The van der Waals surface area contributed by atoms with Gasteiger partial charge >= 0.3 is 5.97 Å². The number of carboxylic acids is 1. The van der Waals surface area contributed by atoms with Crippen LogP contribution in [-0.2, 0) is 14.3 Å². The number of phenolic OH excluding ortho intramolecular Hbond substituents is 1. The molecule has 1 amide bonds. The highest BCUT2D eigenvalue weighted by atomic mass is 16.5. The molecule has 0 radical (unpaired) electrons. The molecule has 1 aromatic carbocycles. The van der Waals surface area contributed by atoms with E-state index in [0.29, 0.717) is 30.8 Å². The lowest BCUT2D eigenvalue weighted by Gasteiger charge is -2.39. The monoisotopic (exact) mass is 377 g/mol. The molecule has 2 atom stereocenters. The van der Waals surface area contributed by atoms with Crippen LogP contribution in [0.4, 0.5) is 0 Å². The predicted molar refractivity (Wildman–Crippen MR) is 101 cm³/mol. The number of carbonyl (C=O) groups is 2. The molecule has 0 bridgehead atoms. The molecule has 1 aliphatic rings. The van der Waals surface area contributed by atoms with E-state index in [0.717, 1.165) is 0 Å². The average molecular weight is 377 g/mol. The molecule has 2 unspecified atom stereocenters. The Kier molecular flexibility index (Phi) is 6.85. The molecule has 7 heteroatoms. The Balaban J connectivity index is 2.05. The average Bonchev–Trinajstić information content (AvgIpc) is 2.59. The summed E-state index contributed by atoms with van der Waals surface area (Å²) in [7, 11) is 1.45. The molecule has 1 fully saturated rings. The summed E-state index contributed by atoms with van der Waals surface area (Å²) in [6, 6.07) is 4.28. The largest absolute Gasteiger partial charge is 0.504 e. The minimum atomic E-state index is -0.947. The molecule has 1 aliphatic heterocycles. The summed E-state index contributed by atoms with van der Waals surface area (Å²) in [5, 5.41) is 21.6. The summed E-state index contributed by atoms with van der Waals surface area (Å²) < 4.78 is 10.7. The van der Waals surface area contributed by atoms with Crippen LogP contribution in [0.3, 0.4) is 0 Å². The van der Waals surface area contributed by atoms with Crippen molar-refractivity contribution in [2.24, 2.45) is 5.92 Å². The van der Waals surface area contributed by atoms with Crippen molar-refractivity contribution in [2.75, 3.05) is 13.7 Å². The molecule has 0 saturated carbocycles. The first-order valence-electron chi connectivity index (χ1n) is 8.91. The second-order valence-electron chi connectivity index (χ2n) is 7.34. The SMILES string of the molecule is COc1cc(C=CC(=O)NC(CC(=O)O)C2CCOC(C)(C)C2)ccc1O. The predicted octanol–water partition coefficient (Wildman–Crippen LogP) is 2.58. The number of amides is 1. The minimum absolute atomic E-state index is 0.0164. The van der Waals surface area contributed by atoms with Gasteiger partial charge in [0, 0.05) is 18.7 Å². The first-order valence-corrected chi connectivity index (χ1v) is 8.91. The Bertz CT molecular complexity index is 712. The molecule has 1 saturated heterocycles. The van der Waals surface area contributed by atoms with E-state index in [4.69, 9.17) is 9.47 Å². The van der Waals surface area contributed by atoms with E-state index in [9.17, 15) is 19.8 Å². The second-order valence-corrected chi connectivity index (χ2v) is 7.34. The fraction of sp³-hybridized carbons (Fsp3) is 0.500. The van der Waals surface area contributed by atoms with Crippen LogP contribution in [0, 0.1) is 5.92 Å². The van der Waals surface area contributed by atoms with Crippen molar-refractivity contribution in [1.29, 1.82) is 0 Å². The van der Waals surface area contributed by atoms with Crippen LogP contribution in [-0.4, -0.2) is 47.4 Å². The first kappa shape index (κ1) is 20.8. The van der Waals surface area contributed by atoms with Crippen molar-refractivity contribution < 1.29 is 29.3 Å². The molecule has 0 spiro atoms. The number of aliphatic carboxylic acids is 1. The molecule has 7 nitrogen and oxygen atoms in total. The Labute approximate surface area is 159 Å². The number of methoxy groups -OCH3 is 1. The van der Waals surface area contributed by atoms with Gasteiger partial charge in [0.2, 0.25) is 5.91 Å². The minimum Gasteiger partial charge on any atom is -0.504 e. The number of hydrogen-bond donors (Lipinski definition) is 3. The number of aromatic hydroxyl groups is 1. The molecule has 1 heterocycles. The number of ether oxygens (including phenoxy) is 2. The summed E-state index contributed by atoms with van der Waals surface area (Å²) in [4.78, 5) is 23.6. The third-order valence-electron chi connectivity index (χ3n) is 4.66. The number of rotatable bonds is 7. The van der Waals surface area contributed by atoms with Crippen LogP contribution in [0.25, 0.3) is 6.08 Å². The number of hydrogen-bond acceptors (Lipinski definition) is 5. The van der Waals surface area contributed by atoms with Crippen molar-refractivity contribution in [3.8, 4) is 11.5 Å². The molecule has 2 rings (SSSR count). The highest BCUT2D eigenvalue weighted by Gasteiger charge is 2.34. The number of phenols is 1. The van der Waals surface area contributed by atoms with E-state index in [1.54, 1.807) is 18.2 Å². The number of nitrogens with one attached hydrogen (secondary N) is 1. The molecule has 1 aromatic rings. The molecular weight excluding hydrogens is 350 g/mol. The molecule has 27 heavy (non-hydrogen) atoms. The maximum Gasteiger partial charge on any atom is 0.305 e. The summed E-state index contributed by atoms with van der Waals surface area (Å²) in [5.74, 6) is -0.945. The van der Waals surface area contributed by atoms with Crippen molar-refractivity contribution in [2.45, 2.75) is 44.8 Å². The summed E-state index contributed by atoms with van der Waals surface area (Å²) in [6.45, 7) is 4.49. The van der Waals surface area contributed by atoms with Crippen LogP contribution in [0.5, 0.6) is 11.5 Å². The van der Waals surface area contributed by atoms with Crippen molar-refractivity contribution >= 4 is 18.0 Å². The normalized spacial score (nSPS) is 20.2. The topological polar surface area (TPSA) is 105 Å². The van der Waals surface area contributed by atoms with Crippen LogP contribution in [0.2, 0.25) is 0 Å². The van der Waals surface area contributed by atoms with E-state index in [2.05, 4.69) is 5.32 Å². The molecule has 3 N–H and O–H groups in total. The molecule has 0 aromatic heterocycles. The number of benzene rings is 1. The summed E-state index contributed by atoms with van der Waals surface area (Å²) >= 11 is 0. The molecule has 148 valence electrons. The van der Waals surface area contributed by atoms with Crippen LogP contribution in [0.1, 0.15) is 38.7 Å². The Hall–Kier alpha value is -2.54. The zero-order chi connectivity index (χ0) is 20.0. The van der Waals surface area contributed by atoms with Gasteiger partial charge in [-0.1, -0.05) is 6.07 Å². The zero-order valence-corrected chi connectivity index (χ0v) is 15.9. The summed E-state index contributed by atoms with van der Waals surface area (Å²) in [5.41, 5.74) is 0.352. The van der Waals surface area contributed by atoms with E-state index in [-0.39, 0.29) is 29.6 Å². The summed E-state index contributed by atoms with van der Waals surface area (Å²) in [6.07, 6.45) is 4.20. The van der Waals surface area contributed by atoms with Gasteiger partial charge < -0.3 is 25.0 Å². The van der Waals surface area contributed by atoms with Crippen LogP contribution >= 0.6 is 0 Å². The highest BCUT2D eigenvalue weighted by molar-refractivity contribution is 5.92. The van der Waals surface area contributed by atoms with Gasteiger partial charge in [-0.3, -0.25) is 9.59 Å². The third kappa shape index (κ3) is 6.29.